The standard InChI is InChI=1S/C11H9NO3/c1-7-2-8(6-13)3-9(4-11(14)15)10(7)5-12/h2-3,6H,4H2,1H3,(H,14,15). The number of carboxylic acids is 1. The molecule has 0 aliphatic carbocycles. The fourth-order valence-electron chi connectivity index (χ4n) is 1.42. The maximum absolute atomic E-state index is 10.6. The number of nitriles is 1. The molecule has 0 amide bonds. The van der Waals surface area contributed by atoms with Gasteiger partial charge in [0.25, 0.3) is 0 Å². The summed E-state index contributed by atoms with van der Waals surface area (Å²) in [5, 5.41) is 17.5. The molecule has 15 heavy (non-hydrogen) atoms. The molecule has 0 saturated carbocycles. The molecule has 0 saturated heterocycles. The lowest BCUT2D eigenvalue weighted by Crippen LogP contribution is -2.04. The maximum atomic E-state index is 10.6. The molecule has 0 spiro atoms. The predicted octanol–water partition coefficient (Wildman–Crippen LogP) is 1.31. The molecule has 0 atom stereocenters. The van der Waals surface area contributed by atoms with Gasteiger partial charge in [-0.3, -0.25) is 9.59 Å². The summed E-state index contributed by atoms with van der Waals surface area (Å²) < 4.78 is 0. The molecule has 4 heteroatoms. The fourth-order valence-corrected chi connectivity index (χ4v) is 1.42. The summed E-state index contributed by atoms with van der Waals surface area (Å²) in [6.45, 7) is 1.68. The Hall–Kier alpha value is -2.15. The molecule has 0 radical (unpaired) electrons. The van der Waals surface area contributed by atoms with Gasteiger partial charge in [0.15, 0.2) is 0 Å². The maximum Gasteiger partial charge on any atom is 0.307 e. The third-order valence-corrected chi connectivity index (χ3v) is 2.03. The molecule has 0 aromatic heterocycles. The van der Waals surface area contributed by atoms with Crippen LogP contribution in [0.3, 0.4) is 0 Å². The second-order valence-electron chi connectivity index (χ2n) is 3.17. The van der Waals surface area contributed by atoms with Gasteiger partial charge < -0.3 is 5.11 Å². The first-order chi connectivity index (χ1) is 7.08. The highest BCUT2D eigenvalue weighted by atomic mass is 16.4. The van der Waals surface area contributed by atoms with Gasteiger partial charge in [-0.15, -0.1) is 0 Å². The molecule has 0 aliphatic heterocycles. The minimum Gasteiger partial charge on any atom is -0.481 e. The topological polar surface area (TPSA) is 78.2 Å². The Bertz CT molecular complexity index is 458. The highest BCUT2D eigenvalue weighted by Gasteiger charge is 2.10. The number of aldehydes is 1. The van der Waals surface area contributed by atoms with E-state index in [2.05, 4.69) is 0 Å². The highest BCUT2D eigenvalue weighted by Crippen LogP contribution is 2.16. The van der Waals surface area contributed by atoms with E-state index in [1.54, 1.807) is 13.0 Å². The summed E-state index contributed by atoms with van der Waals surface area (Å²) in [6.07, 6.45) is 0.394. The smallest absolute Gasteiger partial charge is 0.307 e. The van der Waals surface area contributed by atoms with Crippen LogP contribution in [-0.4, -0.2) is 17.4 Å². The normalized spacial score (nSPS) is 9.33. The van der Waals surface area contributed by atoms with Gasteiger partial charge in [0.2, 0.25) is 0 Å². The van der Waals surface area contributed by atoms with E-state index in [1.807, 2.05) is 6.07 Å². The number of aliphatic carboxylic acids is 1. The summed E-state index contributed by atoms with van der Waals surface area (Å²) in [5.41, 5.74) is 1.73. The first kappa shape index (κ1) is 10.9. The fraction of sp³-hybridized carbons (Fsp3) is 0.182. The van der Waals surface area contributed by atoms with Crippen LogP contribution in [0.2, 0.25) is 0 Å². The minimum atomic E-state index is -1.02. The van der Waals surface area contributed by atoms with Crippen LogP contribution in [0.4, 0.5) is 0 Å². The van der Waals surface area contributed by atoms with E-state index < -0.39 is 5.97 Å². The Balaban J connectivity index is 3.33. The monoisotopic (exact) mass is 203 g/mol. The van der Waals surface area contributed by atoms with Crippen molar-refractivity contribution in [3.63, 3.8) is 0 Å². The first-order valence-electron chi connectivity index (χ1n) is 4.29. The molecule has 0 bridgehead atoms. The lowest BCUT2D eigenvalue weighted by Gasteiger charge is -2.05. The Morgan fingerprint density at radius 2 is 2.27 bits per heavy atom. The number of nitrogens with zero attached hydrogens (tertiary/aromatic N) is 1. The number of carbonyl (C=O) groups is 2. The van der Waals surface area contributed by atoms with Crippen molar-refractivity contribution in [3.05, 3.63) is 34.4 Å². The second-order valence-corrected chi connectivity index (χ2v) is 3.17. The molecule has 76 valence electrons. The zero-order valence-electron chi connectivity index (χ0n) is 8.15. The lowest BCUT2D eigenvalue weighted by atomic mass is 9.97. The average Bonchev–Trinajstić information content (AvgIpc) is 2.16. The van der Waals surface area contributed by atoms with Gasteiger partial charge in [0.1, 0.15) is 6.29 Å². The average molecular weight is 203 g/mol. The van der Waals surface area contributed by atoms with E-state index >= 15 is 0 Å². The number of hydrogen-bond donors (Lipinski definition) is 1. The van der Waals surface area contributed by atoms with Crippen LogP contribution in [0.15, 0.2) is 12.1 Å². The molecule has 0 unspecified atom stereocenters. The molecule has 1 N–H and O–H groups in total. The number of carbonyl (C=O) groups excluding carboxylic acids is 1. The Morgan fingerprint density at radius 1 is 1.60 bits per heavy atom. The van der Waals surface area contributed by atoms with Crippen molar-refractivity contribution in [1.29, 1.82) is 5.26 Å². The molecule has 0 heterocycles. The summed E-state index contributed by atoms with van der Waals surface area (Å²) in [6, 6.07) is 4.94. The summed E-state index contributed by atoms with van der Waals surface area (Å²) >= 11 is 0. The van der Waals surface area contributed by atoms with Crippen molar-refractivity contribution in [3.8, 4) is 6.07 Å². The van der Waals surface area contributed by atoms with Gasteiger partial charge in [-0.1, -0.05) is 0 Å². The Morgan fingerprint density at radius 3 is 2.73 bits per heavy atom. The van der Waals surface area contributed by atoms with Crippen molar-refractivity contribution < 1.29 is 14.7 Å². The van der Waals surface area contributed by atoms with E-state index in [0.717, 1.165) is 0 Å². The summed E-state index contributed by atoms with van der Waals surface area (Å²) in [5.74, 6) is -1.02. The molecule has 0 aliphatic rings. The van der Waals surface area contributed by atoms with Crippen LogP contribution in [-0.2, 0) is 11.2 Å². The van der Waals surface area contributed by atoms with Crippen LogP contribution in [0.1, 0.15) is 27.0 Å². The molecule has 1 aromatic rings. The van der Waals surface area contributed by atoms with Crippen molar-refractivity contribution in [2.24, 2.45) is 0 Å². The van der Waals surface area contributed by atoms with Crippen molar-refractivity contribution >= 4 is 12.3 Å². The molecule has 1 rings (SSSR count). The van der Waals surface area contributed by atoms with Gasteiger partial charge in [-0.25, -0.2) is 0 Å². The molecular formula is C11H9NO3. The van der Waals surface area contributed by atoms with Crippen molar-refractivity contribution in [1.82, 2.24) is 0 Å². The van der Waals surface area contributed by atoms with Crippen LogP contribution >= 0.6 is 0 Å². The number of aryl methyl sites for hydroxylation is 1. The number of benzene rings is 1. The largest absolute Gasteiger partial charge is 0.481 e. The molecule has 4 nitrogen and oxygen atoms in total. The van der Waals surface area contributed by atoms with Gasteiger partial charge in [-0.05, 0) is 30.2 Å². The van der Waals surface area contributed by atoms with Gasteiger partial charge in [-0.2, -0.15) is 5.26 Å². The number of rotatable bonds is 3. The Labute approximate surface area is 86.8 Å². The van der Waals surface area contributed by atoms with E-state index in [4.69, 9.17) is 10.4 Å². The van der Waals surface area contributed by atoms with Crippen LogP contribution in [0.25, 0.3) is 0 Å². The lowest BCUT2D eigenvalue weighted by molar-refractivity contribution is -0.136. The van der Waals surface area contributed by atoms with Gasteiger partial charge in [0.05, 0.1) is 18.1 Å². The van der Waals surface area contributed by atoms with Gasteiger partial charge in [0, 0.05) is 5.56 Å². The Kier molecular flexibility index (Phi) is 3.19. The molecular weight excluding hydrogens is 194 g/mol. The predicted molar refractivity (Wildman–Crippen MR) is 52.6 cm³/mol. The van der Waals surface area contributed by atoms with E-state index in [-0.39, 0.29) is 6.42 Å². The molecule has 1 aromatic carbocycles. The van der Waals surface area contributed by atoms with Crippen molar-refractivity contribution in [2.75, 3.05) is 0 Å². The third-order valence-electron chi connectivity index (χ3n) is 2.03. The first-order valence-corrected chi connectivity index (χ1v) is 4.29. The summed E-state index contributed by atoms with van der Waals surface area (Å²) in [7, 11) is 0. The van der Waals surface area contributed by atoms with Crippen LogP contribution in [0, 0.1) is 18.3 Å². The van der Waals surface area contributed by atoms with E-state index in [1.165, 1.54) is 6.07 Å². The van der Waals surface area contributed by atoms with E-state index in [0.29, 0.717) is 28.5 Å². The van der Waals surface area contributed by atoms with E-state index in [9.17, 15) is 9.59 Å². The third kappa shape index (κ3) is 2.41. The van der Waals surface area contributed by atoms with Crippen LogP contribution in [0.5, 0.6) is 0 Å². The number of hydrogen-bond acceptors (Lipinski definition) is 3. The number of carboxylic acid groups (broad SMARTS) is 1. The highest BCUT2D eigenvalue weighted by molar-refractivity contribution is 5.78. The van der Waals surface area contributed by atoms with Crippen molar-refractivity contribution in [2.45, 2.75) is 13.3 Å². The zero-order chi connectivity index (χ0) is 11.4. The van der Waals surface area contributed by atoms with Crippen LogP contribution < -0.4 is 0 Å². The minimum absolute atomic E-state index is 0.245. The summed E-state index contributed by atoms with van der Waals surface area (Å²) in [4.78, 5) is 21.1. The molecule has 0 fully saturated rings. The van der Waals surface area contributed by atoms with Gasteiger partial charge >= 0.3 is 5.97 Å². The SMILES string of the molecule is Cc1cc(C=O)cc(CC(=O)O)c1C#N. The quantitative estimate of drug-likeness (QED) is 0.751. The zero-order valence-corrected chi connectivity index (χ0v) is 8.15. The second kappa shape index (κ2) is 4.38.